The zero-order valence-corrected chi connectivity index (χ0v) is 51.1. The number of carbonyl (C=O) groups excluding carboxylic acids is 1. The second-order valence-electron chi connectivity index (χ2n) is 23.5. The largest absolute Gasteiger partial charge is 0.394 e. The number of carbonyl (C=O) groups is 1. The number of amides is 1. The van der Waals surface area contributed by atoms with Crippen molar-refractivity contribution in [1.29, 1.82) is 0 Å². The number of ether oxygens (including phenoxy) is 2. The molecule has 11 heteroatoms. The maximum atomic E-state index is 13.2. The molecule has 0 aromatic rings. The summed E-state index contributed by atoms with van der Waals surface area (Å²) in [5, 5.41) is 76.3. The summed E-state index contributed by atoms with van der Waals surface area (Å²) < 4.78 is 11.2. The van der Waals surface area contributed by atoms with Gasteiger partial charge in [0, 0.05) is 0 Å². The lowest BCUT2D eigenvalue weighted by molar-refractivity contribution is -0.303. The molecule has 1 rings (SSSR count). The van der Waals surface area contributed by atoms with Gasteiger partial charge in [-0.2, -0.15) is 0 Å². The minimum absolute atomic E-state index is 0.241. The van der Waals surface area contributed by atoms with Crippen molar-refractivity contribution in [1.82, 2.24) is 5.32 Å². The highest BCUT2D eigenvalue weighted by Gasteiger charge is 2.44. The van der Waals surface area contributed by atoms with Crippen molar-refractivity contribution in [2.45, 2.75) is 364 Å². The average molecular weight is 1120 g/mol. The van der Waals surface area contributed by atoms with E-state index in [0.29, 0.717) is 19.3 Å². The lowest BCUT2D eigenvalue weighted by Gasteiger charge is -2.40. The van der Waals surface area contributed by atoms with Crippen LogP contribution in [0.5, 0.6) is 0 Å². The van der Waals surface area contributed by atoms with Crippen LogP contribution in [0.1, 0.15) is 309 Å². The molecule has 0 aliphatic carbocycles. The number of unbranched alkanes of at least 4 members (excludes halogenated alkanes) is 38. The summed E-state index contributed by atoms with van der Waals surface area (Å²) in [6.45, 7) is 3.47. The van der Waals surface area contributed by atoms with Crippen molar-refractivity contribution < 1.29 is 50.0 Å². The van der Waals surface area contributed by atoms with E-state index >= 15 is 0 Å². The van der Waals surface area contributed by atoms with Gasteiger partial charge in [-0.1, -0.05) is 268 Å². The summed E-state index contributed by atoms with van der Waals surface area (Å²) in [6, 6.07) is -1.20. The number of aliphatic hydroxyl groups excluding tert-OH is 7. The van der Waals surface area contributed by atoms with Crippen LogP contribution in [-0.4, -0.2) is 110 Å². The van der Waals surface area contributed by atoms with Crippen LogP contribution >= 0.6 is 0 Å². The van der Waals surface area contributed by atoms with Crippen LogP contribution < -0.4 is 5.32 Å². The summed E-state index contributed by atoms with van der Waals surface area (Å²) in [6.07, 6.45) is 61.9. The quantitative estimate of drug-likeness (QED) is 0.0215. The Morgan fingerprint density at radius 3 is 1.13 bits per heavy atom. The highest BCUT2D eigenvalue weighted by atomic mass is 16.7. The van der Waals surface area contributed by atoms with Crippen LogP contribution in [0.2, 0.25) is 0 Å². The molecule has 9 atom stereocenters. The predicted octanol–water partition coefficient (Wildman–Crippen LogP) is 15.6. The van der Waals surface area contributed by atoms with Crippen molar-refractivity contribution in [2.24, 2.45) is 0 Å². The van der Waals surface area contributed by atoms with E-state index in [1.54, 1.807) is 0 Å². The van der Waals surface area contributed by atoms with Crippen molar-refractivity contribution in [3.05, 3.63) is 48.6 Å². The number of allylic oxidation sites excluding steroid dienone is 8. The van der Waals surface area contributed by atoms with E-state index in [1.165, 1.54) is 218 Å². The summed E-state index contributed by atoms with van der Waals surface area (Å²) in [5.74, 6) is -0.709. The SMILES string of the molecule is CCCCCCCCCCC/C=C/CC/C=C/CC/C=C/CCCC(O)C(O)C(COC1OC(CO)C(O)C(O)C1O)NC(=O)C(O)CCCCCCCCCCCCCCCC/C=C\CCCCCCCCCCCCCC. The standard InChI is InChI=1S/C68H127NO10/c1-3-5-7-9-11-13-15-17-19-21-23-25-27-28-29-30-31-32-33-34-36-38-40-42-44-46-48-50-52-54-56-61(72)67(77)69-59(58-78-68-66(76)65(75)64(74)62(57-70)79-68)63(73)60(71)55-53-51-49-47-45-43-41-39-37-35-26-24-22-20-18-16-14-12-10-8-6-4-2/h24,26,28-29,39,41,47,49,59-66,68,70-76H,3-23,25,27,30-38,40,42-46,48,50-58H2,1-2H3,(H,69,77)/b26-24+,29-28-,41-39+,49-47+. The molecule has 0 radical (unpaired) electrons. The lowest BCUT2D eigenvalue weighted by Crippen LogP contribution is -2.60. The number of hydrogen-bond acceptors (Lipinski definition) is 10. The molecule has 0 saturated carbocycles. The smallest absolute Gasteiger partial charge is 0.249 e. The van der Waals surface area contributed by atoms with Gasteiger partial charge >= 0.3 is 0 Å². The average Bonchev–Trinajstić information content (AvgIpc) is 3.46. The molecule has 8 N–H and O–H groups in total. The first-order chi connectivity index (χ1) is 38.7. The van der Waals surface area contributed by atoms with Crippen molar-refractivity contribution in [3.63, 3.8) is 0 Å². The maximum Gasteiger partial charge on any atom is 0.249 e. The third-order valence-corrected chi connectivity index (χ3v) is 16.1. The monoisotopic (exact) mass is 1120 g/mol. The molecule has 1 saturated heterocycles. The Morgan fingerprint density at radius 1 is 0.430 bits per heavy atom. The summed E-state index contributed by atoms with van der Waals surface area (Å²) in [4.78, 5) is 13.2. The molecule has 1 fully saturated rings. The maximum absolute atomic E-state index is 13.2. The molecule has 79 heavy (non-hydrogen) atoms. The normalized spacial score (nSPS) is 19.6. The molecule has 1 amide bonds. The molecule has 464 valence electrons. The Kier molecular flexibility index (Phi) is 53.7. The van der Waals surface area contributed by atoms with Crippen LogP contribution in [0, 0.1) is 0 Å². The molecular formula is C68H127NO10. The van der Waals surface area contributed by atoms with Crippen LogP contribution in [0.15, 0.2) is 48.6 Å². The van der Waals surface area contributed by atoms with Gasteiger partial charge in [0.05, 0.1) is 25.4 Å². The second kappa shape index (κ2) is 56.5. The Morgan fingerprint density at radius 2 is 0.759 bits per heavy atom. The number of aliphatic hydroxyl groups is 7. The molecule has 1 aliphatic rings. The van der Waals surface area contributed by atoms with Gasteiger partial charge < -0.3 is 50.5 Å². The van der Waals surface area contributed by atoms with Crippen LogP contribution in [-0.2, 0) is 14.3 Å². The van der Waals surface area contributed by atoms with E-state index in [-0.39, 0.29) is 12.8 Å². The van der Waals surface area contributed by atoms with Gasteiger partial charge in [-0.3, -0.25) is 4.79 Å². The van der Waals surface area contributed by atoms with E-state index < -0.39 is 74.2 Å². The van der Waals surface area contributed by atoms with E-state index in [1.807, 2.05) is 0 Å². The van der Waals surface area contributed by atoms with Crippen molar-refractivity contribution >= 4 is 5.91 Å². The molecular weight excluding hydrogens is 991 g/mol. The van der Waals surface area contributed by atoms with Crippen molar-refractivity contribution in [3.8, 4) is 0 Å². The van der Waals surface area contributed by atoms with E-state index in [0.717, 1.165) is 44.9 Å². The van der Waals surface area contributed by atoms with Crippen molar-refractivity contribution in [2.75, 3.05) is 13.2 Å². The van der Waals surface area contributed by atoms with Crippen LogP contribution in [0.25, 0.3) is 0 Å². The summed E-state index contributed by atoms with van der Waals surface area (Å²) in [7, 11) is 0. The number of nitrogens with one attached hydrogen (secondary N) is 1. The summed E-state index contributed by atoms with van der Waals surface area (Å²) in [5.41, 5.74) is 0. The fraction of sp³-hybridized carbons (Fsp3) is 0.868. The zero-order chi connectivity index (χ0) is 57.5. The van der Waals surface area contributed by atoms with Gasteiger partial charge in [-0.05, 0) is 89.9 Å². The van der Waals surface area contributed by atoms with Gasteiger partial charge in [0.15, 0.2) is 6.29 Å². The third-order valence-electron chi connectivity index (χ3n) is 16.1. The molecule has 0 spiro atoms. The van der Waals surface area contributed by atoms with Crippen LogP contribution in [0.3, 0.4) is 0 Å². The minimum Gasteiger partial charge on any atom is -0.394 e. The lowest BCUT2D eigenvalue weighted by atomic mass is 9.98. The highest BCUT2D eigenvalue weighted by molar-refractivity contribution is 5.80. The number of hydrogen-bond donors (Lipinski definition) is 8. The fourth-order valence-corrected chi connectivity index (χ4v) is 10.6. The first-order valence-electron chi connectivity index (χ1n) is 33.5. The Labute approximate surface area is 485 Å². The Bertz CT molecular complexity index is 1420. The van der Waals surface area contributed by atoms with Gasteiger partial charge in [0.25, 0.3) is 0 Å². The first-order valence-corrected chi connectivity index (χ1v) is 33.5. The van der Waals surface area contributed by atoms with E-state index in [2.05, 4.69) is 67.8 Å². The molecule has 9 unspecified atom stereocenters. The van der Waals surface area contributed by atoms with E-state index in [9.17, 15) is 40.5 Å². The third kappa shape index (κ3) is 44.3. The predicted molar refractivity (Wildman–Crippen MR) is 330 cm³/mol. The zero-order valence-electron chi connectivity index (χ0n) is 51.1. The minimum atomic E-state index is -1.67. The van der Waals surface area contributed by atoms with Gasteiger partial charge in [-0.25, -0.2) is 0 Å². The Hall–Kier alpha value is -1.93. The molecule has 0 aromatic carbocycles. The molecule has 11 nitrogen and oxygen atoms in total. The molecule has 1 aliphatic heterocycles. The van der Waals surface area contributed by atoms with Gasteiger partial charge in [0.2, 0.25) is 5.91 Å². The first kappa shape index (κ1) is 75.1. The van der Waals surface area contributed by atoms with E-state index in [4.69, 9.17) is 9.47 Å². The van der Waals surface area contributed by atoms with Gasteiger partial charge in [0.1, 0.15) is 36.6 Å². The Balaban J connectivity index is 2.25. The topological polar surface area (TPSA) is 189 Å². The number of rotatable bonds is 58. The summed E-state index contributed by atoms with van der Waals surface area (Å²) >= 11 is 0. The molecule has 0 bridgehead atoms. The second-order valence-corrected chi connectivity index (χ2v) is 23.5. The molecule has 0 aromatic heterocycles. The highest BCUT2D eigenvalue weighted by Crippen LogP contribution is 2.24. The fourth-order valence-electron chi connectivity index (χ4n) is 10.6. The van der Waals surface area contributed by atoms with Gasteiger partial charge in [-0.15, -0.1) is 0 Å². The van der Waals surface area contributed by atoms with Crippen LogP contribution in [0.4, 0.5) is 0 Å². The molecule has 1 heterocycles.